The molecule has 0 spiro atoms. The minimum absolute atomic E-state index is 0.345. The molecule has 0 bridgehead atoms. The molecule has 11 heavy (non-hydrogen) atoms. The van der Waals surface area contributed by atoms with Crippen molar-refractivity contribution in [3.05, 3.63) is 36.2 Å². The molecule has 0 aromatic carbocycles. The normalized spacial score (nSPS) is 11.0. The van der Waals surface area contributed by atoms with Crippen LogP contribution in [0.2, 0.25) is 0 Å². The van der Waals surface area contributed by atoms with Crippen molar-refractivity contribution in [2.45, 2.75) is 13.8 Å². The van der Waals surface area contributed by atoms with E-state index in [1.54, 1.807) is 19.9 Å². The van der Waals surface area contributed by atoms with E-state index in [1.807, 2.05) is 0 Å². The van der Waals surface area contributed by atoms with Gasteiger partial charge in [-0.25, -0.2) is 4.39 Å². The van der Waals surface area contributed by atoms with Crippen molar-refractivity contribution in [2.24, 2.45) is 0 Å². The molecule has 0 saturated carbocycles. The zero-order chi connectivity index (χ0) is 8.69. The minimum Gasteiger partial charge on any atom is -0.206 e. The second kappa shape index (κ2) is 5.49. The summed E-state index contributed by atoms with van der Waals surface area (Å²) in [4.78, 5) is 0. The van der Waals surface area contributed by atoms with Crippen LogP contribution in [-0.4, -0.2) is 0 Å². The summed E-state index contributed by atoms with van der Waals surface area (Å²) in [5, 5.41) is 0. The maximum atomic E-state index is 12.6. The minimum atomic E-state index is -0.345. The van der Waals surface area contributed by atoms with Gasteiger partial charge < -0.3 is 0 Å². The molecule has 0 atom stereocenters. The van der Waals surface area contributed by atoms with E-state index in [2.05, 4.69) is 18.4 Å². The Bertz CT molecular complexity index is 246. The van der Waals surface area contributed by atoms with Gasteiger partial charge in [-0.15, -0.1) is 5.92 Å². The van der Waals surface area contributed by atoms with Gasteiger partial charge in [0.25, 0.3) is 0 Å². The molecule has 0 aliphatic carbocycles. The van der Waals surface area contributed by atoms with Gasteiger partial charge in [0.2, 0.25) is 0 Å². The molecule has 0 aliphatic rings. The summed E-state index contributed by atoms with van der Waals surface area (Å²) in [6.45, 7) is 7.05. The molecule has 0 nitrogen and oxygen atoms in total. The second-order valence-corrected chi connectivity index (χ2v) is 2.10. The summed E-state index contributed by atoms with van der Waals surface area (Å²) >= 11 is 0. The van der Waals surface area contributed by atoms with Crippen LogP contribution >= 0.6 is 0 Å². The Morgan fingerprint density at radius 1 is 1.45 bits per heavy atom. The Kier molecular flexibility index (Phi) is 4.85. The van der Waals surface area contributed by atoms with Gasteiger partial charge in [-0.3, -0.25) is 0 Å². The van der Waals surface area contributed by atoms with Gasteiger partial charge >= 0.3 is 0 Å². The Hall–Kier alpha value is -1.29. The van der Waals surface area contributed by atoms with E-state index < -0.39 is 0 Å². The van der Waals surface area contributed by atoms with Crippen LogP contribution in [0.3, 0.4) is 0 Å². The molecule has 0 radical (unpaired) electrons. The third-order valence-corrected chi connectivity index (χ3v) is 0.881. The SMILES string of the molecule is C=C(C)/C=C\C(F)=C\C#CC. The lowest BCUT2D eigenvalue weighted by Gasteiger charge is -1.83. The number of hydrogen-bond donors (Lipinski definition) is 0. The standard InChI is InChI=1S/C10H11F/c1-4-5-6-10(11)8-7-9(2)3/h6-8H,2H2,1,3H3/b8-7-,10-6-. The maximum Gasteiger partial charge on any atom is 0.131 e. The van der Waals surface area contributed by atoms with Crippen LogP contribution in [0.1, 0.15) is 13.8 Å². The van der Waals surface area contributed by atoms with Crippen molar-refractivity contribution in [3.8, 4) is 11.8 Å². The Morgan fingerprint density at radius 3 is 2.55 bits per heavy atom. The van der Waals surface area contributed by atoms with E-state index in [0.29, 0.717) is 0 Å². The molecule has 0 saturated heterocycles. The fraction of sp³-hybridized carbons (Fsp3) is 0.200. The predicted molar refractivity (Wildman–Crippen MR) is 46.6 cm³/mol. The highest BCUT2D eigenvalue weighted by atomic mass is 19.1. The monoisotopic (exact) mass is 150 g/mol. The van der Waals surface area contributed by atoms with E-state index in [4.69, 9.17) is 0 Å². The van der Waals surface area contributed by atoms with Gasteiger partial charge in [-0.1, -0.05) is 24.1 Å². The van der Waals surface area contributed by atoms with Gasteiger partial charge in [0.05, 0.1) is 0 Å². The molecule has 0 unspecified atom stereocenters. The largest absolute Gasteiger partial charge is 0.206 e. The Morgan fingerprint density at radius 2 is 2.09 bits per heavy atom. The number of hydrogen-bond acceptors (Lipinski definition) is 0. The molecular formula is C10H11F. The summed E-state index contributed by atoms with van der Waals surface area (Å²) < 4.78 is 12.6. The molecule has 0 fully saturated rings. The number of allylic oxidation sites excluding steroid dienone is 5. The first kappa shape index (κ1) is 9.71. The van der Waals surface area contributed by atoms with Crippen molar-refractivity contribution in [1.29, 1.82) is 0 Å². The van der Waals surface area contributed by atoms with E-state index in [1.165, 1.54) is 12.2 Å². The van der Waals surface area contributed by atoms with Crippen LogP contribution in [0, 0.1) is 11.8 Å². The maximum absolute atomic E-state index is 12.6. The number of rotatable bonds is 2. The van der Waals surface area contributed by atoms with Crippen molar-refractivity contribution < 1.29 is 4.39 Å². The van der Waals surface area contributed by atoms with Crippen molar-refractivity contribution in [1.82, 2.24) is 0 Å². The molecular weight excluding hydrogens is 139 g/mol. The van der Waals surface area contributed by atoms with Crippen LogP contribution in [0.4, 0.5) is 4.39 Å². The van der Waals surface area contributed by atoms with Crippen LogP contribution in [-0.2, 0) is 0 Å². The van der Waals surface area contributed by atoms with Crippen LogP contribution in [0.5, 0.6) is 0 Å². The van der Waals surface area contributed by atoms with E-state index in [0.717, 1.165) is 5.57 Å². The fourth-order valence-electron chi connectivity index (χ4n) is 0.411. The van der Waals surface area contributed by atoms with Gasteiger partial charge in [0.1, 0.15) is 5.83 Å². The average molecular weight is 150 g/mol. The molecule has 1 heteroatoms. The van der Waals surface area contributed by atoms with Crippen molar-refractivity contribution in [3.63, 3.8) is 0 Å². The third-order valence-electron chi connectivity index (χ3n) is 0.881. The molecule has 0 N–H and O–H groups in total. The molecule has 0 amide bonds. The van der Waals surface area contributed by atoms with Crippen molar-refractivity contribution >= 4 is 0 Å². The lowest BCUT2D eigenvalue weighted by Crippen LogP contribution is -1.65. The molecule has 0 aliphatic heterocycles. The number of halogens is 1. The molecule has 0 aromatic rings. The van der Waals surface area contributed by atoms with Crippen LogP contribution < -0.4 is 0 Å². The van der Waals surface area contributed by atoms with Gasteiger partial charge in [-0.2, -0.15) is 0 Å². The average Bonchev–Trinajstić information content (AvgIpc) is 1.97. The summed E-state index contributed by atoms with van der Waals surface area (Å²) in [5.41, 5.74) is 0.818. The zero-order valence-corrected chi connectivity index (χ0v) is 6.82. The summed E-state index contributed by atoms with van der Waals surface area (Å²) in [7, 11) is 0. The Labute approximate surface area is 67.1 Å². The third kappa shape index (κ3) is 6.60. The molecule has 0 aromatic heterocycles. The lowest BCUT2D eigenvalue weighted by molar-refractivity contribution is 0.668. The quantitative estimate of drug-likeness (QED) is 0.419. The fourth-order valence-corrected chi connectivity index (χ4v) is 0.411. The first-order chi connectivity index (χ1) is 5.16. The van der Waals surface area contributed by atoms with Gasteiger partial charge in [0, 0.05) is 6.08 Å². The molecule has 58 valence electrons. The predicted octanol–water partition coefficient (Wildman–Crippen LogP) is 3.00. The highest BCUT2D eigenvalue weighted by Crippen LogP contribution is 1.99. The summed E-state index contributed by atoms with van der Waals surface area (Å²) in [5.74, 6) is 4.72. The highest BCUT2D eigenvalue weighted by molar-refractivity contribution is 5.27. The van der Waals surface area contributed by atoms with Crippen LogP contribution in [0.15, 0.2) is 36.2 Å². The first-order valence-electron chi connectivity index (χ1n) is 3.28. The summed E-state index contributed by atoms with van der Waals surface area (Å²) in [6.07, 6.45) is 4.16. The molecule has 0 heterocycles. The van der Waals surface area contributed by atoms with E-state index in [9.17, 15) is 4.39 Å². The topological polar surface area (TPSA) is 0 Å². The van der Waals surface area contributed by atoms with E-state index in [-0.39, 0.29) is 5.83 Å². The lowest BCUT2D eigenvalue weighted by atomic mass is 10.3. The Balaban J connectivity index is 4.12. The van der Waals surface area contributed by atoms with Crippen molar-refractivity contribution in [2.75, 3.05) is 0 Å². The first-order valence-corrected chi connectivity index (χ1v) is 3.28. The zero-order valence-electron chi connectivity index (χ0n) is 6.82. The second-order valence-electron chi connectivity index (χ2n) is 2.10. The van der Waals surface area contributed by atoms with Crippen LogP contribution in [0.25, 0.3) is 0 Å². The smallest absolute Gasteiger partial charge is 0.131 e. The molecule has 0 rings (SSSR count). The van der Waals surface area contributed by atoms with Gasteiger partial charge in [-0.05, 0) is 19.9 Å². The summed E-state index contributed by atoms with van der Waals surface area (Å²) in [6, 6.07) is 0. The van der Waals surface area contributed by atoms with Gasteiger partial charge in [0.15, 0.2) is 0 Å². The highest BCUT2D eigenvalue weighted by Gasteiger charge is 1.82. The van der Waals surface area contributed by atoms with E-state index >= 15 is 0 Å².